The smallest absolute Gasteiger partial charge is 0.344 e. The SMILES string of the molecule is CC[C@]12C=CCN3CC[C@@]4(c5cc([C@]6(C(=O)OC)C[C@H]7CN(CCc8c6[nH]c6ccccc86)C[C@@H]6CCC[C@H]76)c(OC)cc5N(C)[C@H]4[C@@](O)(C(=O)OC)[C@@H]1OC(C)=O)[C@@H]32. The highest BCUT2D eigenvalue weighted by atomic mass is 16.6. The number of rotatable bonds is 6. The number of anilines is 1. The first-order chi connectivity index (χ1) is 28.4. The summed E-state index contributed by atoms with van der Waals surface area (Å²) >= 11 is 0. The second kappa shape index (κ2) is 13.6. The molecular formula is C47H58N4O8. The van der Waals surface area contributed by atoms with Crippen LogP contribution in [0.1, 0.15) is 74.8 Å². The first-order valence-corrected chi connectivity index (χ1v) is 21.7. The number of H-pyrrole nitrogens is 1. The van der Waals surface area contributed by atoms with Crippen molar-refractivity contribution in [3.63, 3.8) is 0 Å². The fourth-order valence-corrected chi connectivity index (χ4v) is 14.6. The van der Waals surface area contributed by atoms with Crippen molar-refractivity contribution in [3.8, 4) is 5.75 Å². The lowest BCUT2D eigenvalue weighted by molar-refractivity contribution is -0.228. The monoisotopic (exact) mass is 806 g/mol. The Hall–Kier alpha value is -4.39. The van der Waals surface area contributed by atoms with E-state index in [0.717, 1.165) is 71.5 Å². The highest BCUT2D eigenvalue weighted by Gasteiger charge is 2.80. The highest BCUT2D eigenvalue weighted by Crippen LogP contribution is 2.68. The van der Waals surface area contributed by atoms with Crippen molar-refractivity contribution in [2.24, 2.45) is 23.2 Å². The lowest BCUT2D eigenvalue weighted by atomic mass is 9.47. The Labute approximate surface area is 346 Å². The van der Waals surface area contributed by atoms with E-state index in [2.05, 4.69) is 51.2 Å². The maximum atomic E-state index is 15.4. The van der Waals surface area contributed by atoms with Crippen LogP contribution in [0.3, 0.4) is 0 Å². The van der Waals surface area contributed by atoms with Gasteiger partial charge in [-0.05, 0) is 86.1 Å². The van der Waals surface area contributed by atoms with Crippen LogP contribution in [0.15, 0.2) is 48.6 Å². The summed E-state index contributed by atoms with van der Waals surface area (Å²) < 4.78 is 24.2. The minimum absolute atomic E-state index is 0.223. The van der Waals surface area contributed by atoms with Crippen LogP contribution in [0, 0.1) is 23.2 Å². The Bertz CT molecular complexity index is 2270. The first kappa shape index (κ1) is 38.8. The van der Waals surface area contributed by atoms with Crippen molar-refractivity contribution in [3.05, 3.63) is 70.9 Å². The number of carbonyl (C=O) groups excluding carboxylic acids is 3. The van der Waals surface area contributed by atoms with Gasteiger partial charge in [-0.2, -0.15) is 0 Å². The van der Waals surface area contributed by atoms with Crippen LogP contribution in [0.25, 0.3) is 10.9 Å². The van der Waals surface area contributed by atoms with Crippen molar-refractivity contribution < 1.29 is 38.4 Å². The standard InChI is InChI=1S/C47H58N4O8/c1-7-44-17-11-19-51-21-18-45(39(44)51)33-22-34(37(56-4)23-36(33)49(3)40(45)47(55,43(54)58-6)41(44)59-27(2)52)46(42(53)57-5)24-29-26-50(25-28-12-10-14-30(28)29)20-16-32-31-13-8-9-15-35(31)48-38(32)46/h8-9,11,13,15,17,22-23,28-30,39-41,48,55H,7,10,12,14,16,18-21,24-26H2,1-6H3/t28-,29-,30-,39-,40+,41+,44+,45+,46+,47-/m0/s1. The van der Waals surface area contributed by atoms with Gasteiger partial charge in [0, 0.05) is 90.9 Å². The van der Waals surface area contributed by atoms with E-state index < -0.39 is 45.9 Å². The van der Waals surface area contributed by atoms with E-state index in [4.69, 9.17) is 18.9 Å². The second-order valence-electron chi connectivity index (χ2n) is 18.7. The van der Waals surface area contributed by atoms with E-state index in [9.17, 15) is 14.7 Å². The number of piperidine rings is 1. The molecular weight excluding hydrogens is 749 g/mol. The number of aliphatic hydroxyl groups is 1. The van der Waals surface area contributed by atoms with E-state index in [1.54, 1.807) is 7.11 Å². The fourth-order valence-electron chi connectivity index (χ4n) is 14.6. The molecule has 3 aromatic rings. The molecule has 59 heavy (non-hydrogen) atoms. The topological polar surface area (TPSA) is 134 Å². The summed E-state index contributed by atoms with van der Waals surface area (Å²) in [7, 11) is 6.33. The molecule has 2 aliphatic carbocycles. The number of nitrogens with one attached hydrogen (secondary N) is 1. The molecule has 11 atom stereocenters. The molecule has 5 aliphatic heterocycles. The van der Waals surface area contributed by atoms with Crippen LogP contribution in [0.2, 0.25) is 0 Å². The van der Waals surface area contributed by atoms with Crippen molar-refractivity contribution in [2.45, 2.75) is 93.4 Å². The largest absolute Gasteiger partial charge is 0.496 e. The predicted molar refractivity (Wildman–Crippen MR) is 221 cm³/mol. The van der Waals surface area contributed by atoms with E-state index in [0.29, 0.717) is 49.9 Å². The molecule has 7 aliphatic rings. The Morgan fingerprint density at radius 1 is 0.966 bits per heavy atom. The molecule has 2 N–H and O–H groups in total. The van der Waals surface area contributed by atoms with Crippen LogP contribution in [-0.4, -0.2) is 123 Å². The number of ether oxygens (including phenoxy) is 4. The molecule has 1 spiro atoms. The highest BCUT2D eigenvalue weighted by molar-refractivity contribution is 5.95. The number of hydrogen-bond acceptors (Lipinski definition) is 11. The van der Waals surface area contributed by atoms with Crippen LogP contribution in [0.4, 0.5) is 5.69 Å². The molecule has 1 unspecified atom stereocenters. The zero-order valence-electron chi connectivity index (χ0n) is 35.2. The van der Waals surface area contributed by atoms with Gasteiger partial charge in [0.15, 0.2) is 6.10 Å². The molecule has 1 aromatic heterocycles. The van der Waals surface area contributed by atoms with E-state index >= 15 is 4.79 Å². The quantitative estimate of drug-likeness (QED) is 0.201. The molecule has 12 heteroatoms. The molecule has 12 nitrogen and oxygen atoms in total. The number of hydrogen-bond donors (Lipinski definition) is 2. The summed E-state index contributed by atoms with van der Waals surface area (Å²) in [4.78, 5) is 53.8. The average molecular weight is 807 g/mol. The van der Waals surface area contributed by atoms with Gasteiger partial charge >= 0.3 is 17.9 Å². The van der Waals surface area contributed by atoms with Gasteiger partial charge in [-0.1, -0.05) is 43.7 Å². The second-order valence-corrected chi connectivity index (χ2v) is 18.7. The Morgan fingerprint density at radius 3 is 2.49 bits per heavy atom. The van der Waals surface area contributed by atoms with Crippen molar-refractivity contribution in [1.29, 1.82) is 0 Å². The van der Waals surface area contributed by atoms with Gasteiger partial charge in [0.05, 0.1) is 27.4 Å². The van der Waals surface area contributed by atoms with Crippen LogP contribution >= 0.6 is 0 Å². The molecule has 4 fully saturated rings. The van der Waals surface area contributed by atoms with Gasteiger partial charge in [0.1, 0.15) is 11.2 Å². The lowest BCUT2D eigenvalue weighted by Gasteiger charge is -2.63. The minimum atomic E-state index is -2.27. The van der Waals surface area contributed by atoms with Gasteiger partial charge in [0.2, 0.25) is 5.60 Å². The maximum absolute atomic E-state index is 15.4. The van der Waals surface area contributed by atoms with Gasteiger partial charge in [-0.15, -0.1) is 0 Å². The number of methoxy groups -OCH3 is 3. The lowest BCUT2D eigenvalue weighted by Crippen LogP contribution is -2.81. The molecule has 314 valence electrons. The normalized spacial score (nSPS) is 37.9. The minimum Gasteiger partial charge on any atom is -0.496 e. The van der Waals surface area contributed by atoms with Gasteiger partial charge < -0.3 is 38.8 Å². The fraction of sp³-hybridized carbons (Fsp3) is 0.596. The van der Waals surface area contributed by atoms with Crippen LogP contribution in [0.5, 0.6) is 5.75 Å². The summed E-state index contributed by atoms with van der Waals surface area (Å²) in [5.74, 6) is 0.0745. The summed E-state index contributed by atoms with van der Waals surface area (Å²) in [5, 5.41) is 14.5. The molecule has 2 bridgehead atoms. The third-order valence-electron chi connectivity index (χ3n) is 16.5. The summed E-state index contributed by atoms with van der Waals surface area (Å²) in [6.07, 6.45) is 8.90. The molecule has 2 aromatic carbocycles. The third kappa shape index (κ3) is 4.91. The number of likely N-dealkylation sites (N-methyl/N-ethyl adjacent to an activating group) is 1. The van der Waals surface area contributed by atoms with E-state index in [1.165, 1.54) is 34.0 Å². The molecule has 0 amide bonds. The Balaban J connectivity index is 1.28. The Morgan fingerprint density at radius 2 is 1.75 bits per heavy atom. The summed E-state index contributed by atoms with van der Waals surface area (Å²) in [6, 6.07) is 11.4. The van der Waals surface area contributed by atoms with Crippen molar-refractivity contribution >= 4 is 34.5 Å². The van der Waals surface area contributed by atoms with Crippen LogP contribution < -0.4 is 9.64 Å². The van der Waals surface area contributed by atoms with Gasteiger partial charge in [-0.25, -0.2) is 4.79 Å². The van der Waals surface area contributed by atoms with E-state index in [1.807, 2.05) is 31.0 Å². The predicted octanol–water partition coefficient (Wildman–Crippen LogP) is 4.88. The Kier molecular flexibility index (Phi) is 8.91. The molecule has 2 saturated heterocycles. The third-order valence-corrected chi connectivity index (χ3v) is 16.5. The number of fused-ring (bicyclic) bond motifs is 8. The van der Waals surface area contributed by atoms with Crippen LogP contribution in [-0.2, 0) is 45.8 Å². The van der Waals surface area contributed by atoms with Crippen molar-refractivity contribution in [1.82, 2.24) is 14.8 Å². The summed E-state index contributed by atoms with van der Waals surface area (Å²) in [5.41, 5.74) is 0.0488. The number of carbonyl (C=O) groups is 3. The number of nitrogens with zero attached hydrogens (tertiary/aromatic N) is 3. The maximum Gasteiger partial charge on any atom is 0.344 e. The zero-order chi connectivity index (χ0) is 41.2. The molecule has 2 saturated carbocycles. The van der Waals surface area contributed by atoms with E-state index in [-0.39, 0.29) is 17.9 Å². The number of esters is 3. The number of benzene rings is 2. The average Bonchev–Trinajstić information content (AvgIpc) is 4.03. The van der Waals surface area contributed by atoms with Crippen molar-refractivity contribution in [2.75, 3.05) is 66.0 Å². The number of aromatic nitrogens is 1. The number of aromatic amines is 1. The molecule has 0 radical (unpaired) electrons. The molecule has 6 heterocycles. The van der Waals surface area contributed by atoms with Gasteiger partial charge in [0.25, 0.3) is 0 Å². The first-order valence-electron chi connectivity index (χ1n) is 21.7. The zero-order valence-corrected chi connectivity index (χ0v) is 35.2. The van der Waals surface area contributed by atoms with Gasteiger partial charge in [-0.3, -0.25) is 14.5 Å². The summed E-state index contributed by atoms with van der Waals surface area (Å²) in [6.45, 7) is 7.65. The molecule has 10 rings (SSSR count). The number of para-hydroxylation sites is 1.